The summed E-state index contributed by atoms with van der Waals surface area (Å²) in [7, 11) is 4.11. The summed E-state index contributed by atoms with van der Waals surface area (Å²) in [6, 6.07) is 0.533. The third-order valence-corrected chi connectivity index (χ3v) is 1.77. The van der Waals surface area contributed by atoms with Gasteiger partial charge in [-0.05, 0) is 21.0 Å². The van der Waals surface area contributed by atoms with Gasteiger partial charge in [0.2, 0.25) is 0 Å². The molecule has 0 amide bonds. The number of hydrogen-bond donors (Lipinski definition) is 1. The van der Waals surface area contributed by atoms with Gasteiger partial charge in [0.15, 0.2) is 0 Å². The minimum absolute atomic E-state index is 0.533. The van der Waals surface area contributed by atoms with Crippen LogP contribution in [0.15, 0.2) is 11.6 Å². The Hall–Kier alpha value is -0.0500. The topological polar surface area (TPSA) is 15.3 Å². The highest BCUT2D eigenvalue weighted by molar-refractivity contribution is 6.29. The number of nitrogens with zero attached hydrogens (tertiary/aromatic N) is 1. The van der Waals surface area contributed by atoms with Gasteiger partial charge < -0.3 is 10.2 Å². The molecule has 0 bridgehead atoms. The normalized spacial score (nSPS) is 13.5. The molecule has 1 atom stereocenters. The molecule has 0 rings (SSSR count). The van der Waals surface area contributed by atoms with Crippen LogP contribution in [-0.4, -0.2) is 38.1 Å². The van der Waals surface area contributed by atoms with E-state index in [2.05, 4.69) is 37.8 Å². The minimum atomic E-state index is 0.533. The highest BCUT2D eigenvalue weighted by Gasteiger charge is 2.02. The highest BCUT2D eigenvalue weighted by atomic mass is 35.5. The molecule has 0 aliphatic rings. The summed E-state index contributed by atoms with van der Waals surface area (Å²) in [6.45, 7) is 7.38. The van der Waals surface area contributed by atoms with Crippen LogP contribution in [0.4, 0.5) is 0 Å². The Labute approximate surface area is 74.2 Å². The lowest BCUT2D eigenvalue weighted by Crippen LogP contribution is -2.35. The minimum Gasteiger partial charge on any atom is -0.310 e. The standard InChI is InChI=1S/C8H17ClN2/c1-7(9)5-10-6-8(2)11(3)4/h8,10H,1,5-6H2,2-4H3. The number of likely N-dealkylation sites (N-methyl/N-ethyl adjacent to an activating group) is 1. The predicted molar refractivity (Wildman–Crippen MR) is 51.0 cm³/mol. The van der Waals surface area contributed by atoms with Gasteiger partial charge >= 0.3 is 0 Å². The maximum absolute atomic E-state index is 5.57. The molecular weight excluding hydrogens is 160 g/mol. The molecule has 0 aliphatic heterocycles. The predicted octanol–water partition coefficient (Wildman–Crippen LogP) is 1.28. The van der Waals surface area contributed by atoms with Crippen molar-refractivity contribution in [2.75, 3.05) is 27.2 Å². The van der Waals surface area contributed by atoms with E-state index in [1.807, 2.05) is 0 Å². The Balaban J connectivity index is 3.31. The lowest BCUT2D eigenvalue weighted by Gasteiger charge is -2.19. The summed E-state index contributed by atoms with van der Waals surface area (Å²) in [4.78, 5) is 2.16. The largest absolute Gasteiger partial charge is 0.310 e. The van der Waals surface area contributed by atoms with Gasteiger partial charge in [-0.1, -0.05) is 18.2 Å². The van der Waals surface area contributed by atoms with Gasteiger partial charge in [0.05, 0.1) is 0 Å². The summed E-state index contributed by atoms with van der Waals surface area (Å²) in [5.41, 5.74) is 0. The summed E-state index contributed by atoms with van der Waals surface area (Å²) in [5.74, 6) is 0. The van der Waals surface area contributed by atoms with Gasteiger partial charge in [0, 0.05) is 24.2 Å². The van der Waals surface area contributed by atoms with Crippen LogP contribution in [0.1, 0.15) is 6.92 Å². The molecule has 11 heavy (non-hydrogen) atoms. The molecule has 1 unspecified atom stereocenters. The average molecular weight is 177 g/mol. The van der Waals surface area contributed by atoms with Crippen LogP contribution in [0.2, 0.25) is 0 Å². The van der Waals surface area contributed by atoms with Crippen LogP contribution < -0.4 is 5.32 Å². The van der Waals surface area contributed by atoms with E-state index in [1.54, 1.807) is 0 Å². The lowest BCUT2D eigenvalue weighted by molar-refractivity contribution is 0.306. The molecule has 0 saturated carbocycles. The molecule has 0 radical (unpaired) electrons. The van der Waals surface area contributed by atoms with E-state index in [0.717, 1.165) is 6.54 Å². The molecule has 0 fully saturated rings. The summed E-state index contributed by atoms with van der Waals surface area (Å²) in [6.07, 6.45) is 0. The SMILES string of the molecule is C=C(Cl)CNCC(C)N(C)C. The number of rotatable bonds is 5. The molecule has 0 heterocycles. The third-order valence-electron chi connectivity index (χ3n) is 1.64. The van der Waals surface area contributed by atoms with Crippen LogP contribution in [0.25, 0.3) is 0 Å². The van der Waals surface area contributed by atoms with Crippen molar-refractivity contribution in [1.82, 2.24) is 10.2 Å². The summed E-state index contributed by atoms with van der Waals surface area (Å²) < 4.78 is 0. The Bertz CT molecular complexity index is 123. The Morgan fingerprint density at radius 2 is 2.18 bits per heavy atom. The molecule has 66 valence electrons. The summed E-state index contributed by atoms with van der Waals surface area (Å²) in [5, 5.41) is 3.86. The first-order valence-electron chi connectivity index (χ1n) is 3.74. The molecule has 0 aliphatic carbocycles. The first-order chi connectivity index (χ1) is 5.04. The zero-order valence-electron chi connectivity index (χ0n) is 7.52. The quantitative estimate of drug-likeness (QED) is 0.679. The van der Waals surface area contributed by atoms with Gasteiger partial charge in [0.25, 0.3) is 0 Å². The second-order valence-electron chi connectivity index (χ2n) is 2.96. The van der Waals surface area contributed by atoms with Crippen LogP contribution in [0.5, 0.6) is 0 Å². The molecule has 1 N–H and O–H groups in total. The highest BCUT2D eigenvalue weighted by Crippen LogP contribution is 1.93. The molecule has 0 saturated heterocycles. The van der Waals surface area contributed by atoms with E-state index in [-0.39, 0.29) is 0 Å². The zero-order chi connectivity index (χ0) is 8.85. The zero-order valence-corrected chi connectivity index (χ0v) is 8.28. The average Bonchev–Trinajstić information content (AvgIpc) is 1.86. The van der Waals surface area contributed by atoms with E-state index in [4.69, 9.17) is 11.6 Å². The van der Waals surface area contributed by atoms with E-state index >= 15 is 0 Å². The first-order valence-corrected chi connectivity index (χ1v) is 4.12. The maximum Gasteiger partial charge on any atom is 0.0308 e. The van der Waals surface area contributed by atoms with Gasteiger partial charge in [0.1, 0.15) is 0 Å². The molecule has 0 aromatic carbocycles. The first kappa shape index (κ1) is 11.0. The third kappa shape index (κ3) is 6.35. The van der Waals surface area contributed by atoms with Crippen molar-refractivity contribution in [2.24, 2.45) is 0 Å². The lowest BCUT2D eigenvalue weighted by atomic mass is 10.3. The molecule has 3 heteroatoms. The van der Waals surface area contributed by atoms with E-state index < -0.39 is 0 Å². The fourth-order valence-electron chi connectivity index (χ4n) is 0.599. The summed E-state index contributed by atoms with van der Waals surface area (Å²) >= 11 is 5.57. The second kappa shape index (κ2) is 5.58. The van der Waals surface area contributed by atoms with Crippen LogP contribution in [0, 0.1) is 0 Å². The van der Waals surface area contributed by atoms with E-state index in [0.29, 0.717) is 17.6 Å². The van der Waals surface area contributed by atoms with Crippen LogP contribution in [0.3, 0.4) is 0 Å². The van der Waals surface area contributed by atoms with Gasteiger partial charge in [-0.2, -0.15) is 0 Å². The molecule has 2 nitrogen and oxygen atoms in total. The van der Waals surface area contributed by atoms with Gasteiger partial charge in [-0.15, -0.1) is 0 Å². The molecule has 0 aromatic rings. The fraction of sp³-hybridized carbons (Fsp3) is 0.750. The van der Waals surface area contributed by atoms with Crippen molar-refractivity contribution in [1.29, 1.82) is 0 Å². The van der Waals surface area contributed by atoms with Crippen molar-refractivity contribution in [3.63, 3.8) is 0 Å². The molecule has 0 spiro atoms. The molecular formula is C8H17ClN2. The van der Waals surface area contributed by atoms with Crippen LogP contribution in [-0.2, 0) is 0 Å². The van der Waals surface area contributed by atoms with Crippen molar-refractivity contribution >= 4 is 11.6 Å². The van der Waals surface area contributed by atoms with Gasteiger partial charge in [-0.25, -0.2) is 0 Å². The van der Waals surface area contributed by atoms with Crippen molar-refractivity contribution < 1.29 is 0 Å². The Morgan fingerprint density at radius 1 is 1.64 bits per heavy atom. The molecule has 0 aromatic heterocycles. The van der Waals surface area contributed by atoms with Crippen LogP contribution >= 0.6 is 11.6 Å². The van der Waals surface area contributed by atoms with E-state index in [1.165, 1.54) is 0 Å². The van der Waals surface area contributed by atoms with Crippen molar-refractivity contribution in [3.8, 4) is 0 Å². The van der Waals surface area contributed by atoms with Crippen molar-refractivity contribution in [3.05, 3.63) is 11.6 Å². The monoisotopic (exact) mass is 176 g/mol. The smallest absolute Gasteiger partial charge is 0.0308 e. The number of halogens is 1. The second-order valence-corrected chi connectivity index (χ2v) is 3.50. The maximum atomic E-state index is 5.57. The number of nitrogens with one attached hydrogen (secondary N) is 1. The number of hydrogen-bond acceptors (Lipinski definition) is 2. The Morgan fingerprint density at radius 3 is 2.55 bits per heavy atom. The van der Waals surface area contributed by atoms with Gasteiger partial charge in [-0.3, -0.25) is 0 Å². The Kier molecular flexibility index (Phi) is 5.56. The fourth-order valence-corrected chi connectivity index (χ4v) is 0.694. The van der Waals surface area contributed by atoms with E-state index in [9.17, 15) is 0 Å². The van der Waals surface area contributed by atoms with Crippen molar-refractivity contribution in [2.45, 2.75) is 13.0 Å².